The van der Waals surface area contributed by atoms with Gasteiger partial charge < -0.3 is 14.6 Å². The first-order valence-electron chi connectivity index (χ1n) is 15.6. The summed E-state index contributed by atoms with van der Waals surface area (Å²) in [5, 5.41) is 21.4. The van der Waals surface area contributed by atoms with Crippen LogP contribution in [0.1, 0.15) is 77.7 Å². The number of fused-ring (bicyclic) bond motifs is 1. The minimum absolute atomic E-state index is 0.0505. The van der Waals surface area contributed by atoms with Gasteiger partial charge in [0.1, 0.15) is 23.4 Å². The summed E-state index contributed by atoms with van der Waals surface area (Å²) in [6.07, 6.45) is 5.61. The van der Waals surface area contributed by atoms with Crippen molar-refractivity contribution in [3.8, 4) is 11.8 Å². The Morgan fingerprint density at radius 2 is 2.02 bits per heavy atom. The van der Waals surface area contributed by atoms with Crippen molar-refractivity contribution in [2.24, 2.45) is 5.41 Å². The number of aromatic hydroxyl groups is 1. The number of hydrogen-bond donors (Lipinski definition) is 1. The number of carbonyl (C=O) groups is 2. The van der Waals surface area contributed by atoms with E-state index in [1.54, 1.807) is 37.3 Å². The topological polar surface area (TPSA) is 115 Å². The molecule has 9 nitrogen and oxygen atoms in total. The van der Waals surface area contributed by atoms with Crippen molar-refractivity contribution in [3.63, 3.8) is 0 Å². The number of carbonyl (C=O) groups excluding carboxylic acids is 2. The first kappa shape index (κ1) is 32.0. The first-order valence-corrected chi connectivity index (χ1v) is 16.4. The molecule has 3 heterocycles. The Balaban J connectivity index is 1.27. The highest BCUT2D eigenvalue weighted by atomic mass is 35.5. The zero-order valence-electron chi connectivity index (χ0n) is 25.9. The van der Waals surface area contributed by atoms with Gasteiger partial charge in [-0.3, -0.25) is 19.5 Å². The summed E-state index contributed by atoms with van der Waals surface area (Å²) in [7, 11) is 0. The third-order valence-electron chi connectivity index (χ3n) is 9.56. The summed E-state index contributed by atoms with van der Waals surface area (Å²) in [5.74, 6) is 0.0343. The minimum atomic E-state index is -0.567. The molecule has 4 aromatic rings. The SMILES string of the molecule is CCC1CN(c2cccc(O)c2C(=O)C(C)c2ccc(Cl)cn2)CCN1Cc1nc2c(Cl)cc(C=O)cc2n1CC1(CC#N)CC1. The summed E-state index contributed by atoms with van der Waals surface area (Å²) in [4.78, 5) is 39.4. The highest BCUT2D eigenvalue weighted by Gasteiger charge is 2.43. The molecule has 2 fully saturated rings. The van der Waals surface area contributed by atoms with Crippen LogP contribution in [-0.4, -0.2) is 62.3 Å². The first-order chi connectivity index (χ1) is 22.2. The van der Waals surface area contributed by atoms with Gasteiger partial charge in [-0.15, -0.1) is 0 Å². The number of anilines is 1. The maximum Gasteiger partial charge on any atom is 0.177 e. The molecule has 0 amide bonds. The number of Topliss-reactive ketones (excluding diaryl/α,β-unsaturated/α-hetero) is 1. The van der Waals surface area contributed by atoms with E-state index in [0.717, 1.165) is 36.9 Å². The molecule has 1 N–H and O–H groups in total. The molecule has 2 aromatic heterocycles. The standard InChI is InChI=1S/C35H36Cl2N6O3/c1-3-25-18-42(28-5-4-6-30(45)32(28)34(46)22(2)27-8-7-24(36)17-39-27)14-13-41(25)19-31-40-33-26(37)15-23(20-44)16-29(33)43(31)21-35(9-10-35)11-12-38/h4-8,15-17,20,22,25,45H,3,9-11,13-14,18-19,21H2,1-2H3. The number of imidazole rings is 1. The number of piperazine rings is 1. The van der Waals surface area contributed by atoms with Crippen LogP contribution in [0.3, 0.4) is 0 Å². The molecule has 238 valence electrons. The molecule has 6 rings (SSSR count). The van der Waals surface area contributed by atoms with E-state index in [9.17, 15) is 20.0 Å². The van der Waals surface area contributed by atoms with Crippen molar-refractivity contribution >= 4 is 52.0 Å². The number of nitriles is 1. The van der Waals surface area contributed by atoms with Crippen LogP contribution >= 0.6 is 23.2 Å². The van der Waals surface area contributed by atoms with Crippen molar-refractivity contribution in [1.29, 1.82) is 5.26 Å². The van der Waals surface area contributed by atoms with E-state index >= 15 is 0 Å². The smallest absolute Gasteiger partial charge is 0.177 e. The van der Waals surface area contributed by atoms with Crippen molar-refractivity contribution < 1.29 is 14.7 Å². The number of nitrogens with zero attached hydrogens (tertiary/aromatic N) is 6. The molecule has 0 radical (unpaired) electrons. The van der Waals surface area contributed by atoms with Gasteiger partial charge in [0.25, 0.3) is 0 Å². The monoisotopic (exact) mass is 658 g/mol. The van der Waals surface area contributed by atoms with Crippen LogP contribution in [0.5, 0.6) is 5.75 Å². The average Bonchev–Trinajstić information content (AvgIpc) is 3.74. The van der Waals surface area contributed by atoms with Crippen molar-refractivity contribution in [3.05, 3.63) is 81.4 Å². The van der Waals surface area contributed by atoms with Crippen molar-refractivity contribution in [1.82, 2.24) is 19.4 Å². The summed E-state index contributed by atoms with van der Waals surface area (Å²) in [6.45, 7) is 7.16. The number of aldehydes is 1. The van der Waals surface area contributed by atoms with Gasteiger partial charge in [-0.2, -0.15) is 5.26 Å². The van der Waals surface area contributed by atoms with Gasteiger partial charge >= 0.3 is 0 Å². The second-order valence-corrected chi connectivity index (χ2v) is 13.4. The van der Waals surface area contributed by atoms with Crippen LogP contribution in [-0.2, 0) is 13.1 Å². The molecule has 1 saturated carbocycles. The van der Waals surface area contributed by atoms with E-state index in [0.29, 0.717) is 77.2 Å². The molecule has 0 spiro atoms. The molecule has 0 bridgehead atoms. The van der Waals surface area contributed by atoms with Crippen LogP contribution in [0, 0.1) is 16.7 Å². The fourth-order valence-electron chi connectivity index (χ4n) is 6.61. The van der Waals surface area contributed by atoms with E-state index in [2.05, 4.69) is 32.3 Å². The number of aromatic nitrogens is 3. The zero-order valence-corrected chi connectivity index (χ0v) is 27.4. The molecule has 2 aliphatic rings. The zero-order chi connectivity index (χ0) is 32.6. The van der Waals surface area contributed by atoms with Crippen LogP contribution in [0.4, 0.5) is 5.69 Å². The van der Waals surface area contributed by atoms with Gasteiger partial charge in [0, 0.05) is 55.8 Å². The predicted molar refractivity (Wildman–Crippen MR) is 179 cm³/mol. The van der Waals surface area contributed by atoms with Gasteiger partial charge in [0.15, 0.2) is 5.78 Å². The van der Waals surface area contributed by atoms with Crippen LogP contribution < -0.4 is 4.90 Å². The fourth-order valence-corrected chi connectivity index (χ4v) is 6.99. The average molecular weight is 660 g/mol. The molecule has 46 heavy (non-hydrogen) atoms. The molecule has 1 aliphatic heterocycles. The van der Waals surface area contributed by atoms with Gasteiger partial charge in [-0.1, -0.05) is 36.2 Å². The molecular formula is C35H36Cl2N6O3. The molecule has 1 saturated heterocycles. The Morgan fingerprint density at radius 3 is 2.70 bits per heavy atom. The lowest BCUT2D eigenvalue weighted by molar-refractivity contribution is 0.0961. The van der Waals surface area contributed by atoms with E-state index in [4.69, 9.17) is 28.2 Å². The van der Waals surface area contributed by atoms with Gasteiger partial charge in [0.2, 0.25) is 0 Å². The summed E-state index contributed by atoms with van der Waals surface area (Å²) < 4.78 is 2.16. The Kier molecular flexibility index (Phi) is 9.06. The molecule has 2 atom stereocenters. The Labute approximate surface area is 278 Å². The van der Waals surface area contributed by atoms with Gasteiger partial charge in [-0.05, 0) is 62.6 Å². The quantitative estimate of drug-likeness (QED) is 0.135. The normalized spacial score (nSPS) is 18.3. The maximum absolute atomic E-state index is 13.8. The molecular weight excluding hydrogens is 623 g/mol. The Hall–Kier alpha value is -3.97. The lowest BCUT2D eigenvalue weighted by Crippen LogP contribution is -2.53. The van der Waals surface area contributed by atoms with Crippen LogP contribution in [0.15, 0.2) is 48.7 Å². The lowest BCUT2D eigenvalue weighted by atomic mass is 9.93. The van der Waals surface area contributed by atoms with Crippen LogP contribution in [0.25, 0.3) is 11.0 Å². The van der Waals surface area contributed by atoms with Crippen molar-refractivity contribution in [2.75, 3.05) is 24.5 Å². The third-order valence-corrected chi connectivity index (χ3v) is 10.1. The van der Waals surface area contributed by atoms with Gasteiger partial charge in [-0.25, -0.2) is 4.98 Å². The Morgan fingerprint density at radius 1 is 1.22 bits per heavy atom. The molecule has 11 heteroatoms. The molecule has 2 unspecified atom stereocenters. The van der Waals surface area contributed by atoms with Crippen molar-refractivity contribution in [2.45, 2.75) is 64.6 Å². The highest BCUT2D eigenvalue weighted by molar-refractivity contribution is 6.35. The lowest BCUT2D eigenvalue weighted by Gasteiger charge is -2.42. The minimum Gasteiger partial charge on any atom is -0.507 e. The highest BCUT2D eigenvalue weighted by Crippen LogP contribution is 2.50. The number of halogens is 2. The van der Waals surface area contributed by atoms with E-state index in [1.807, 2.05) is 12.1 Å². The number of rotatable bonds is 11. The number of phenols is 1. The number of hydrogen-bond acceptors (Lipinski definition) is 8. The summed E-state index contributed by atoms with van der Waals surface area (Å²) >= 11 is 12.6. The maximum atomic E-state index is 13.8. The number of benzene rings is 2. The van der Waals surface area contributed by atoms with E-state index in [1.165, 1.54) is 6.20 Å². The largest absolute Gasteiger partial charge is 0.507 e. The fraction of sp³-hybridized carbons (Fsp3) is 0.400. The second kappa shape index (κ2) is 13.0. The molecule has 1 aliphatic carbocycles. The Bertz CT molecular complexity index is 1830. The second-order valence-electron chi connectivity index (χ2n) is 12.6. The number of ketones is 1. The van der Waals surface area contributed by atoms with Crippen LogP contribution in [0.2, 0.25) is 10.0 Å². The predicted octanol–water partition coefficient (Wildman–Crippen LogP) is 7.04. The molecule has 2 aromatic carbocycles. The van der Waals surface area contributed by atoms with Gasteiger partial charge in [0.05, 0.1) is 51.0 Å². The number of phenolic OH excluding ortho intramolecular Hbond substituents is 1. The summed E-state index contributed by atoms with van der Waals surface area (Å²) in [6, 6.07) is 14.6. The number of pyridine rings is 1. The summed E-state index contributed by atoms with van der Waals surface area (Å²) in [5.41, 5.74) is 3.47. The van der Waals surface area contributed by atoms with E-state index in [-0.39, 0.29) is 23.0 Å². The third kappa shape index (κ3) is 6.22. The van der Waals surface area contributed by atoms with E-state index < -0.39 is 5.92 Å².